The lowest BCUT2D eigenvalue weighted by Crippen LogP contribution is -2.50. The first-order valence-corrected chi connectivity index (χ1v) is 9.63. The van der Waals surface area contributed by atoms with Crippen molar-refractivity contribution in [1.29, 1.82) is 0 Å². The predicted octanol–water partition coefficient (Wildman–Crippen LogP) is 3.85. The van der Waals surface area contributed by atoms with Crippen LogP contribution in [0.4, 0.5) is 0 Å². The Balaban J connectivity index is 1.80. The van der Waals surface area contributed by atoms with Crippen molar-refractivity contribution in [2.75, 3.05) is 13.1 Å². The van der Waals surface area contributed by atoms with Gasteiger partial charge in [0.2, 0.25) is 5.91 Å². The van der Waals surface area contributed by atoms with Crippen LogP contribution in [0.15, 0.2) is 28.7 Å². The normalized spacial score (nSPS) is 23.0. The second kappa shape index (κ2) is 6.94. The predicted molar refractivity (Wildman–Crippen MR) is 97.2 cm³/mol. The van der Waals surface area contributed by atoms with Gasteiger partial charge in [0.05, 0.1) is 5.41 Å². The highest BCUT2D eigenvalue weighted by Crippen LogP contribution is 2.43. The van der Waals surface area contributed by atoms with E-state index in [2.05, 4.69) is 46.0 Å². The van der Waals surface area contributed by atoms with Gasteiger partial charge in [0.25, 0.3) is 0 Å². The van der Waals surface area contributed by atoms with Crippen molar-refractivity contribution in [1.82, 2.24) is 4.90 Å². The first-order valence-electron chi connectivity index (χ1n) is 8.84. The molecule has 0 radical (unpaired) electrons. The molecule has 0 bridgehead atoms. The molecule has 23 heavy (non-hydrogen) atoms. The summed E-state index contributed by atoms with van der Waals surface area (Å²) in [5, 5.41) is 0. The first-order chi connectivity index (χ1) is 11.0. The monoisotopic (exact) mass is 378 g/mol. The number of nitrogens with two attached hydrogens (primary N) is 1. The zero-order chi connectivity index (χ0) is 16.4. The van der Waals surface area contributed by atoms with E-state index in [0.717, 1.165) is 56.1 Å². The number of hydrogen-bond donors (Lipinski definition) is 1. The van der Waals surface area contributed by atoms with E-state index in [-0.39, 0.29) is 11.5 Å². The molecule has 1 unspecified atom stereocenters. The molecule has 3 nitrogen and oxygen atoms in total. The number of piperidine rings is 1. The molecule has 2 fully saturated rings. The van der Waals surface area contributed by atoms with Crippen molar-refractivity contribution in [3.05, 3.63) is 34.3 Å². The Labute approximate surface area is 147 Å². The molecule has 4 heteroatoms. The Bertz CT molecular complexity index is 558. The maximum absolute atomic E-state index is 13.4. The molecule has 126 valence electrons. The van der Waals surface area contributed by atoms with Crippen molar-refractivity contribution >= 4 is 21.8 Å². The number of halogens is 1. The molecule has 1 aliphatic heterocycles. The average Bonchev–Trinajstić information content (AvgIpc) is 3.05. The molecule has 3 rings (SSSR count). The quantitative estimate of drug-likeness (QED) is 0.867. The van der Waals surface area contributed by atoms with Crippen LogP contribution in [0.5, 0.6) is 0 Å². The van der Waals surface area contributed by atoms with Crippen LogP contribution >= 0.6 is 15.9 Å². The third kappa shape index (κ3) is 3.34. The summed E-state index contributed by atoms with van der Waals surface area (Å²) in [6.45, 7) is 3.81. The van der Waals surface area contributed by atoms with E-state index in [9.17, 15) is 4.79 Å². The van der Waals surface area contributed by atoms with Crippen LogP contribution in [0.2, 0.25) is 0 Å². The van der Waals surface area contributed by atoms with Gasteiger partial charge in [0, 0.05) is 23.6 Å². The highest BCUT2D eigenvalue weighted by atomic mass is 79.9. The molecule has 2 N–H and O–H groups in total. The summed E-state index contributed by atoms with van der Waals surface area (Å²) in [6, 6.07) is 8.58. The number of carbonyl (C=O) groups excluding carboxylic acids is 1. The molecule has 1 aromatic rings. The molecule has 1 saturated carbocycles. The number of hydrogen-bond acceptors (Lipinski definition) is 2. The van der Waals surface area contributed by atoms with E-state index >= 15 is 0 Å². The minimum Gasteiger partial charge on any atom is -0.342 e. The number of rotatable bonds is 3. The van der Waals surface area contributed by atoms with Crippen molar-refractivity contribution in [2.24, 2.45) is 11.7 Å². The second-order valence-electron chi connectivity index (χ2n) is 7.29. The van der Waals surface area contributed by atoms with E-state index in [1.807, 2.05) is 6.07 Å². The van der Waals surface area contributed by atoms with Gasteiger partial charge in [0.15, 0.2) is 0 Å². The fraction of sp³-hybridized carbons (Fsp3) is 0.632. The largest absolute Gasteiger partial charge is 0.342 e. The van der Waals surface area contributed by atoms with Gasteiger partial charge < -0.3 is 10.6 Å². The fourth-order valence-electron chi connectivity index (χ4n) is 4.32. The van der Waals surface area contributed by atoms with Crippen LogP contribution in [0.3, 0.4) is 0 Å². The zero-order valence-corrected chi connectivity index (χ0v) is 15.5. The van der Waals surface area contributed by atoms with Gasteiger partial charge in [-0.15, -0.1) is 0 Å². The Kier molecular flexibility index (Phi) is 5.12. The summed E-state index contributed by atoms with van der Waals surface area (Å²) in [5.74, 6) is 0.903. The number of likely N-dealkylation sites (tertiary alicyclic amines) is 1. The molecule has 1 aromatic carbocycles. The van der Waals surface area contributed by atoms with Gasteiger partial charge in [-0.1, -0.05) is 40.9 Å². The first kappa shape index (κ1) is 17.0. The lowest BCUT2D eigenvalue weighted by molar-refractivity contribution is -0.138. The Morgan fingerprint density at radius 2 is 1.96 bits per heavy atom. The molecule has 1 saturated heterocycles. The number of nitrogens with zero attached hydrogens (tertiary/aromatic N) is 1. The minimum absolute atomic E-state index is 0.234. The molecule has 1 atom stereocenters. The lowest BCUT2D eigenvalue weighted by Gasteiger charge is -2.39. The number of amides is 1. The smallest absolute Gasteiger partial charge is 0.233 e. The van der Waals surface area contributed by atoms with Crippen LogP contribution in [0.1, 0.15) is 51.0 Å². The van der Waals surface area contributed by atoms with Gasteiger partial charge in [-0.05, 0) is 56.2 Å². The molecule has 2 aliphatic rings. The fourth-order valence-corrected chi connectivity index (χ4v) is 4.72. The topological polar surface area (TPSA) is 46.3 Å². The lowest BCUT2D eigenvalue weighted by atomic mass is 9.77. The van der Waals surface area contributed by atoms with Crippen molar-refractivity contribution in [3.63, 3.8) is 0 Å². The SMILES string of the molecule is CC(N)C1CCN(C(=O)C2(c3cccc(Br)c3)CCCC2)CC1. The molecule has 1 aliphatic carbocycles. The van der Waals surface area contributed by atoms with E-state index < -0.39 is 0 Å². The molecule has 0 aromatic heterocycles. The van der Waals surface area contributed by atoms with E-state index in [1.54, 1.807) is 0 Å². The standard InChI is InChI=1S/C19H27BrN2O/c1-14(21)15-7-11-22(12-8-15)18(23)19(9-2-3-10-19)16-5-4-6-17(20)13-16/h4-6,13-15H,2-3,7-12,21H2,1H3. The van der Waals surface area contributed by atoms with Crippen molar-refractivity contribution < 1.29 is 4.79 Å². The van der Waals surface area contributed by atoms with Gasteiger partial charge in [0.1, 0.15) is 0 Å². The van der Waals surface area contributed by atoms with Crippen molar-refractivity contribution in [3.8, 4) is 0 Å². The third-order valence-electron chi connectivity index (χ3n) is 5.81. The summed E-state index contributed by atoms with van der Waals surface area (Å²) in [4.78, 5) is 15.5. The summed E-state index contributed by atoms with van der Waals surface area (Å²) in [7, 11) is 0. The van der Waals surface area contributed by atoms with Crippen LogP contribution in [0.25, 0.3) is 0 Å². The van der Waals surface area contributed by atoms with Crippen LogP contribution < -0.4 is 5.73 Å². The number of carbonyl (C=O) groups is 1. The highest BCUT2D eigenvalue weighted by Gasteiger charge is 2.45. The molecule has 0 spiro atoms. The Morgan fingerprint density at radius 3 is 2.52 bits per heavy atom. The average molecular weight is 379 g/mol. The minimum atomic E-state index is -0.301. The Morgan fingerprint density at radius 1 is 1.30 bits per heavy atom. The van der Waals surface area contributed by atoms with Gasteiger partial charge in [-0.25, -0.2) is 0 Å². The van der Waals surface area contributed by atoms with Crippen molar-refractivity contribution in [2.45, 2.75) is 56.9 Å². The number of benzene rings is 1. The third-order valence-corrected chi connectivity index (χ3v) is 6.31. The molecular weight excluding hydrogens is 352 g/mol. The van der Waals surface area contributed by atoms with Crippen LogP contribution in [-0.4, -0.2) is 29.9 Å². The van der Waals surface area contributed by atoms with Crippen LogP contribution in [0, 0.1) is 5.92 Å². The summed E-state index contributed by atoms with van der Waals surface area (Å²) < 4.78 is 1.06. The van der Waals surface area contributed by atoms with Gasteiger partial charge in [-0.2, -0.15) is 0 Å². The maximum Gasteiger partial charge on any atom is 0.233 e. The van der Waals surface area contributed by atoms with E-state index in [4.69, 9.17) is 5.73 Å². The Hall–Kier alpha value is -0.870. The molecule has 1 amide bonds. The van der Waals surface area contributed by atoms with Crippen LogP contribution in [-0.2, 0) is 10.2 Å². The second-order valence-corrected chi connectivity index (χ2v) is 8.20. The van der Waals surface area contributed by atoms with Gasteiger partial charge >= 0.3 is 0 Å². The summed E-state index contributed by atoms with van der Waals surface area (Å²) >= 11 is 3.56. The highest BCUT2D eigenvalue weighted by molar-refractivity contribution is 9.10. The molecular formula is C19H27BrN2O. The summed E-state index contributed by atoms with van der Waals surface area (Å²) in [6.07, 6.45) is 6.34. The maximum atomic E-state index is 13.4. The van der Waals surface area contributed by atoms with Gasteiger partial charge in [-0.3, -0.25) is 4.79 Å². The zero-order valence-electron chi connectivity index (χ0n) is 13.9. The van der Waals surface area contributed by atoms with E-state index in [0.29, 0.717) is 11.8 Å². The van der Waals surface area contributed by atoms with E-state index in [1.165, 1.54) is 5.56 Å². The summed E-state index contributed by atoms with van der Waals surface area (Å²) in [5.41, 5.74) is 6.92. The molecule has 1 heterocycles.